The average molecular weight is 421 g/mol. The predicted molar refractivity (Wildman–Crippen MR) is 119 cm³/mol. The molecular formula is C22H24N6OS. The molecule has 3 unspecified atom stereocenters. The van der Waals surface area contributed by atoms with Crippen molar-refractivity contribution in [3.05, 3.63) is 65.5 Å². The fourth-order valence-corrected chi connectivity index (χ4v) is 5.12. The summed E-state index contributed by atoms with van der Waals surface area (Å²) in [4.78, 5) is 26.5. The lowest BCUT2D eigenvalue weighted by molar-refractivity contribution is 0.542. The van der Waals surface area contributed by atoms with E-state index in [1.54, 1.807) is 40.9 Å². The number of rotatable bonds is 6. The van der Waals surface area contributed by atoms with Crippen LogP contribution in [0.3, 0.4) is 0 Å². The van der Waals surface area contributed by atoms with Crippen molar-refractivity contribution >= 4 is 23.5 Å². The van der Waals surface area contributed by atoms with Crippen LogP contribution < -0.4 is 16.2 Å². The summed E-state index contributed by atoms with van der Waals surface area (Å²) in [7, 11) is 0. The molecule has 0 radical (unpaired) electrons. The van der Waals surface area contributed by atoms with Crippen LogP contribution in [0.1, 0.15) is 13.3 Å². The van der Waals surface area contributed by atoms with Crippen molar-refractivity contribution in [2.24, 2.45) is 17.8 Å². The van der Waals surface area contributed by atoms with E-state index in [9.17, 15) is 4.79 Å². The summed E-state index contributed by atoms with van der Waals surface area (Å²) in [5.41, 5.74) is 0.702. The van der Waals surface area contributed by atoms with Gasteiger partial charge in [0.15, 0.2) is 0 Å². The Balaban J connectivity index is 1.25. The maximum absolute atomic E-state index is 12.0. The van der Waals surface area contributed by atoms with E-state index in [1.807, 2.05) is 36.8 Å². The Bertz CT molecular complexity index is 1080. The van der Waals surface area contributed by atoms with Gasteiger partial charge in [-0.1, -0.05) is 13.0 Å². The zero-order valence-corrected chi connectivity index (χ0v) is 17.7. The quantitative estimate of drug-likeness (QED) is 0.592. The Morgan fingerprint density at radius 1 is 1.00 bits per heavy atom. The van der Waals surface area contributed by atoms with Crippen LogP contribution in [0.25, 0.3) is 5.69 Å². The average Bonchev–Trinajstić information content (AvgIpc) is 3.31. The van der Waals surface area contributed by atoms with E-state index in [-0.39, 0.29) is 5.56 Å². The molecule has 7 nitrogen and oxygen atoms in total. The van der Waals surface area contributed by atoms with Crippen LogP contribution in [0.4, 0.5) is 11.8 Å². The third kappa shape index (κ3) is 3.56. The first-order valence-electron chi connectivity index (χ1n) is 10.2. The molecule has 0 amide bonds. The molecule has 2 aliphatic rings. The monoisotopic (exact) mass is 420 g/mol. The molecule has 2 N–H and O–H groups in total. The highest BCUT2D eigenvalue weighted by atomic mass is 32.2. The Labute approximate surface area is 179 Å². The van der Waals surface area contributed by atoms with Gasteiger partial charge in [-0.05, 0) is 48.6 Å². The first kappa shape index (κ1) is 19.1. The van der Waals surface area contributed by atoms with Crippen LogP contribution >= 0.6 is 11.8 Å². The summed E-state index contributed by atoms with van der Waals surface area (Å²) >= 11 is 1.64. The van der Waals surface area contributed by atoms with E-state index in [0.717, 1.165) is 22.8 Å². The highest BCUT2D eigenvalue weighted by molar-refractivity contribution is 7.98. The molecule has 2 aliphatic carbocycles. The molecule has 8 heteroatoms. The van der Waals surface area contributed by atoms with Gasteiger partial charge >= 0.3 is 0 Å². The van der Waals surface area contributed by atoms with Gasteiger partial charge in [-0.2, -0.15) is 0 Å². The molecule has 0 aliphatic heterocycles. The van der Waals surface area contributed by atoms with Gasteiger partial charge < -0.3 is 10.6 Å². The number of nitrogens with one attached hydrogen (secondary N) is 2. The minimum Gasteiger partial charge on any atom is -0.367 e. The van der Waals surface area contributed by atoms with Crippen molar-refractivity contribution in [3.8, 4) is 5.69 Å². The summed E-state index contributed by atoms with van der Waals surface area (Å²) in [6.45, 7) is 2.31. The molecule has 30 heavy (non-hydrogen) atoms. The zero-order valence-electron chi connectivity index (χ0n) is 16.9. The van der Waals surface area contributed by atoms with Gasteiger partial charge in [0.25, 0.3) is 5.56 Å². The second-order valence-electron chi connectivity index (χ2n) is 8.01. The lowest BCUT2D eigenvalue weighted by Crippen LogP contribution is -2.28. The molecule has 5 rings (SSSR count). The van der Waals surface area contributed by atoms with Crippen LogP contribution in [-0.2, 0) is 0 Å². The number of hydrogen-bond acceptors (Lipinski definition) is 7. The largest absolute Gasteiger partial charge is 0.367 e. The van der Waals surface area contributed by atoms with Gasteiger partial charge in [0.2, 0.25) is 5.95 Å². The molecule has 0 aromatic carbocycles. The van der Waals surface area contributed by atoms with Crippen LogP contribution in [0.2, 0.25) is 0 Å². The summed E-state index contributed by atoms with van der Waals surface area (Å²) in [5.74, 6) is 3.47. The van der Waals surface area contributed by atoms with E-state index in [2.05, 4.69) is 32.5 Å². The van der Waals surface area contributed by atoms with Crippen LogP contribution in [0.15, 0.2) is 64.8 Å². The highest BCUT2D eigenvalue weighted by Gasteiger charge is 2.60. The predicted octanol–water partition coefficient (Wildman–Crippen LogP) is 3.29. The Morgan fingerprint density at radius 2 is 1.77 bits per heavy atom. The smallest absolute Gasteiger partial charge is 0.255 e. The molecule has 3 aromatic rings. The molecule has 154 valence electrons. The van der Waals surface area contributed by atoms with Crippen LogP contribution in [-0.4, -0.2) is 37.9 Å². The van der Waals surface area contributed by atoms with Gasteiger partial charge in [-0.3, -0.25) is 9.36 Å². The van der Waals surface area contributed by atoms with Gasteiger partial charge in [0, 0.05) is 41.6 Å². The molecule has 0 spiro atoms. The minimum absolute atomic E-state index is 0.0628. The van der Waals surface area contributed by atoms with Gasteiger partial charge in [0.1, 0.15) is 5.82 Å². The molecule has 2 saturated carbocycles. The standard InChI is InChI=1S/C22H24N6OS/c1-13-20-16(9-17(21(13)20)27-22-24-11-15(30-2)12-25-22)26-18-7-6-14(10-23-18)28-8-4-3-5-19(28)29/h3-8,10-13,16-17,20-21H,9H2,1-2H3,(H,23,26)(H,24,25,27)/t13?,16-,17-,20?,21?/m1/s1. The second-order valence-corrected chi connectivity index (χ2v) is 8.89. The maximum Gasteiger partial charge on any atom is 0.255 e. The number of fused-ring (bicyclic) bond motifs is 1. The number of hydrogen-bond donors (Lipinski definition) is 2. The highest BCUT2D eigenvalue weighted by Crippen LogP contribution is 2.58. The van der Waals surface area contributed by atoms with E-state index >= 15 is 0 Å². The molecule has 3 aromatic heterocycles. The molecule has 2 fully saturated rings. The van der Waals surface area contributed by atoms with E-state index < -0.39 is 0 Å². The minimum atomic E-state index is -0.0628. The molecule has 3 heterocycles. The van der Waals surface area contributed by atoms with Gasteiger partial charge in [0.05, 0.1) is 11.9 Å². The maximum atomic E-state index is 12.0. The fourth-order valence-electron chi connectivity index (χ4n) is 4.80. The van der Waals surface area contributed by atoms with Gasteiger partial charge in [-0.15, -0.1) is 11.8 Å². The number of pyridine rings is 2. The number of anilines is 2. The second kappa shape index (κ2) is 7.75. The van der Waals surface area contributed by atoms with Crippen molar-refractivity contribution < 1.29 is 0 Å². The molecule has 5 atom stereocenters. The van der Waals surface area contributed by atoms with Crippen molar-refractivity contribution in [1.82, 2.24) is 19.5 Å². The SMILES string of the molecule is CSc1cnc(N[C@@H]2C[C@@H](Nc3ccc(-n4ccccc4=O)cn3)C3C(C)C32)nc1. The van der Waals surface area contributed by atoms with Gasteiger partial charge in [-0.25, -0.2) is 15.0 Å². The van der Waals surface area contributed by atoms with Crippen molar-refractivity contribution in [3.63, 3.8) is 0 Å². The van der Waals surface area contributed by atoms with Crippen molar-refractivity contribution in [2.45, 2.75) is 30.3 Å². The van der Waals surface area contributed by atoms with E-state index in [0.29, 0.717) is 35.8 Å². The van der Waals surface area contributed by atoms with E-state index in [4.69, 9.17) is 0 Å². The van der Waals surface area contributed by atoms with Crippen LogP contribution in [0, 0.1) is 17.8 Å². The van der Waals surface area contributed by atoms with Crippen molar-refractivity contribution in [2.75, 3.05) is 16.9 Å². The molecular weight excluding hydrogens is 396 g/mol. The Kier molecular flexibility index (Phi) is 4.94. The fraction of sp³-hybridized carbons (Fsp3) is 0.364. The number of thioether (sulfide) groups is 1. The van der Waals surface area contributed by atoms with E-state index in [1.165, 1.54) is 0 Å². The Hall–Kier alpha value is -2.87. The summed E-state index contributed by atoms with van der Waals surface area (Å²) < 4.78 is 1.59. The Morgan fingerprint density at radius 3 is 2.43 bits per heavy atom. The number of aromatic nitrogens is 4. The molecule has 0 bridgehead atoms. The number of nitrogens with zero attached hydrogens (tertiary/aromatic N) is 4. The first-order chi connectivity index (χ1) is 14.6. The first-order valence-corrected chi connectivity index (χ1v) is 11.4. The molecule has 0 saturated heterocycles. The third-order valence-corrected chi connectivity index (χ3v) is 7.00. The lowest BCUT2D eigenvalue weighted by Gasteiger charge is -2.21. The topological polar surface area (TPSA) is 84.7 Å². The van der Waals surface area contributed by atoms with Crippen LogP contribution in [0.5, 0.6) is 0 Å². The summed E-state index contributed by atoms with van der Waals surface area (Å²) in [5, 5.41) is 7.14. The summed E-state index contributed by atoms with van der Waals surface area (Å²) in [6, 6.07) is 9.73. The third-order valence-electron chi connectivity index (χ3n) is 6.32. The van der Waals surface area contributed by atoms with Crippen molar-refractivity contribution in [1.29, 1.82) is 0 Å². The lowest BCUT2D eigenvalue weighted by atomic mass is 10.1. The summed E-state index contributed by atoms with van der Waals surface area (Å²) in [6.07, 6.45) is 10.3. The normalized spacial score (nSPS) is 26.8. The zero-order chi connectivity index (χ0) is 20.7.